The van der Waals surface area contributed by atoms with Gasteiger partial charge in [-0.25, -0.2) is 0 Å². The summed E-state index contributed by atoms with van der Waals surface area (Å²) in [4.78, 5) is 14.9. The van der Waals surface area contributed by atoms with Gasteiger partial charge in [-0.15, -0.1) is 11.3 Å². The molecule has 1 unspecified atom stereocenters. The number of nitrogens with zero attached hydrogens (tertiary/aromatic N) is 1. The van der Waals surface area contributed by atoms with E-state index in [1.165, 1.54) is 4.88 Å². The summed E-state index contributed by atoms with van der Waals surface area (Å²) in [6.45, 7) is 3.33. The van der Waals surface area contributed by atoms with Crippen LogP contribution in [0.5, 0.6) is 0 Å². The van der Waals surface area contributed by atoms with E-state index in [2.05, 4.69) is 15.9 Å². The third-order valence-electron chi connectivity index (χ3n) is 2.41. The van der Waals surface area contributed by atoms with Gasteiger partial charge in [0.05, 0.1) is 6.54 Å². The summed E-state index contributed by atoms with van der Waals surface area (Å²) in [6, 6.07) is 2.05. The van der Waals surface area contributed by atoms with Crippen LogP contribution in [0.15, 0.2) is 15.9 Å². The minimum atomic E-state index is 0.166. The van der Waals surface area contributed by atoms with Gasteiger partial charge in [-0.3, -0.25) is 4.79 Å². The van der Waals surface area contributed by atoms with Crippen LogP contribution >= 0.6 is 27.3 Å². The van der Waals surface area contributed by atoms with Crippen molar-refractivity contribution in [1.29, 1.82) is 0 Å². The summed E-state index contributed by atoms with van der Waals surface area (Å²) >= 11 is 5.07. The van der Waals surface area contributed by atoms with Crippen LogP contribution in [0.1, 0.15) is 18.2 Å². The molecule has 96 valence electrons. The van der Waals surface area contributed by atoms with Crippen molar-refractivity contribution in [1.82, 2.24) is 4.90 Å². The molecule has 3 nitrogen and oxygen atoms in total. The molecule has 0 saturated carbocycles. The normalized spacial score (nSPS) is 12.5. The van der Waals surface area contributed by atoms with Gasteiger partial charge in [-0.2, -0.15) is 0 Å². The molecular formula is C12H18BrNO2S. The first-order chi connectivity index (χ1) is 8.02. The van der Waals surface area contributed by atoms with E-state index in [4.69, 9.17) is 4.74 Å². The average Bonchev–Trinajstić information content (AvgIpc) is 2.64. The summed E-state index contributed by atoms with van der Waals surface area (Å²) in [5.41, 5.74) is 0. The third kappa shape index (κ3) is 5.19. The van der Waals surface area contributed by atoms with Crippen molar-refractivity contribution in [3.8, 4) is 0 Å². The predicted molar refractivity (Wildman–Crippen MR) is 74.2 cm³/mol. The standard InChI is InChI=1S/C12H18BrNO2S/c1-9(7-16-3)4-12(15)14(2)6-11-5-10(13)8-17-11/h5,8-9H,4,6-7H2,1-3H3. The Labute approximate surface area is 115 Å². The summed E-state index contributed by atoms with van der Waals surface area (Å²) in [7, 11) is 3.50. The van der Waals surface area contributed by atoms with Gasteiger partial charge in [-0.1, -0.05) is 6.92 Å². The van der Waals surface area contributed by atoms with Crippen molar-refractivity contribution in [3.05, 3.63) is 20.8 Å². The van der Waals surface area contributed by atoms with E-state index < -0.39 is 0 Å². The molecule has 0 saturated heterocycles. The maximum absolute atomic E-state index is 11.9. The van der Waals surface area contributed by atoms with Crippen molar-refractivity contribution in [3.63, 3.8) is 0 Å². The van der Waals surface area contributed by atoms with E-state index in [-0.39, 0.29) is 11.8 Å². The average molecular weight is 320 g/mol. The molecule has 1 rings (SSSR count). The predicted octanol–water partition coefficient (Wildman–Crippen LogP) is 3.14. The molecule has 0 N–H and O–H groups in total. The maximum atomic E-state index is 11.9. The zero-order valence-electron chi connectivity index (χ0n) is 10.4. The Kier molecular flexibility index (Phi) is 6.16. The van der Waals surface area contributed by atoms with Crippen LogP contribution < -0.4 is 0 Å². The minimum Gasteiger partial charge on any atom is -0.384 e. The number of carbonyl (C=O) groups excluding carboxylic acids is 1. The number of rotatable bonds is 6. The van der Waals surface area contributed by atoms with Gasteiger partial charge >= 0.3 is 0 Å². The molecule has 1 aromatic rings. The number of halogens is 1. The molecule has 0 aromatic carbocycles. The Morgan fingerprint density at radius 3 is 2.88 bits per heavy atom. The number of methoxy groups -OCH3 is 1. The molecule has 0 aliphatic carbocycles. The summed E-state index contributed by atoms with van der Waals surface area (Å²) in [6.07, 6.45) is 0.539. The molecule has 0 aliphatic heterocycles. The van der Waals surface area contributed by atoms with E-state index in [9.17, 15) is 4.79 Å². The highest BCUT2D eigenvalue weighted by Crippen LogP contribution is 2.21. The molecule has 1 atom stereocenters. The lowest BCUT2D eigenvalue weighted by atomic mass is 10.1. The number of thiophene rings is 1. The monoisotopic (exact) mass is 319 g/mol. The van der Waals surface area contributed by atoms with Crippen LogP contribution in [-0.4, -0.2) is 31.6 Å². The van der Waals surface area contributed by atoms with E-state index >= 15 is 0 Å². The van der Waals surface area contributed by atoms with Gasteiger partial charge in [0, 0.05) is 41.9 Å². The highest BCUT2D eigenvalue weighted by atomic mass is 79.9. The first kappa shape index (κ1) is 14.7. The summed E-state index contributed by atoms with van der Waals surface area (Å²) < 4.78 is 6.11. The van der Waals surface area contributed by atoms with Crippen LogP contribution in [-0.2, 0) is 16.1 Å². The lowest BCUT2D eigenvalue weighted by Crippen LogP contribution is -2.28. The maximum Gasteiger partial charge on any atom is 0.222 e. The molecule has 0 fully saturated rings. The number of hydrogen-bond acceptors (Lipinski definition) is 3. The SMILES string of the molecule is COCC(C)CC(=O)N(C)Cc1cc(Br)cs1. The largest absolute Gasteiger partial charge is 0.384 e. The number of hydrogen-bond donors (Lipinski definition) is 0. The molecule has 0 bridgehead atoms. The Hall–Kier alpha value is -0.390. The smallest absolute Gasteiger partial charge is 0.222 e. The van der Waals surface area contributed by atoms with E-state index in [0.717, 1.165) is 4.47 Å². The van der Waals surface area contributed by atoms with Crippen LogP contribution in [0.3, 0.4) is 0 Å². The number of carbonyl (C=O) groups is 1. The van der Waals surface area contributed by atoms with Gasteiger partial charge in [0.25, 0.3) is 0 Å². The molecule has 0 aliphatic rings. The van der Waals surface area contributed by atoms with Crippen molar-refractivity contribution in [2.45, 2.75) is 19.9 Å². The third-order valence-corrected chi connectivity index (χ3v) is 4.10. The van der Waals surface area contributed by atoms with E-state index in [1.54, 1.807) is 23.3 Å². The molecule has 1 heterocycles. The molecular weight excluding hydrogens is 302 g/mol. The summed E-state index contributed by atoms with van der Waals surface area (Å²) in [5.74, 6) is 0.434. The molecule has 0 radical (unpaired) electrons. The van der Waals surface area contributed by atoms with Crippen LogP contribution in [0, 0.1) is 5.92 Å². The minimum absolute atomic E-state index is 0.166. The van der Waals surface area contributed by atoms with E-state index in [0.29, 0.717) is 19.6 Å². The highest BCUT2D eigenvalue weighted by Gasteiger charge is 2.14. The first-order valence-electron chi connectivity index (χ1n) is 5.48. The topological polar surface area (TPSA) is 29.5 Å². The van der Waals surface area contributed by atoms with Crippen LogP contribution in [0.25, 0.3) is 0 Å². The Balaban J connectivity index is 2.41. The second-order valence-electron chi connectivity index (χ2n) is 4.25. The Morgan fingerprint density at radius 1 is 1.65 bits per heavy atom. The van der Waals surface area contributed by atoms with Crippen LogP contribution in [0.2, 0.25) is 0 Å². The fourth-order valence-corrected chi connectivity index (χ4v) is 3.06. The highest BCUT2D eigenvalue weighted by molar-refractivity contribution is 9.10. The van der Waals surface area contributed by atoms with Crippen molar-refractivity contribution >= 4 is 33.2 Å². The zero-order chi connectivity index (χ0) is 12.8. The molecule has 17 heavy (non-hydrogen) atoms. The van der Waals surface area contributed by atoms with Crippen molar-refractivity contribution < 1.29 is 9.53 Å². The first-order valence-corrected chi connectivity index (χ1v) is 7.16. The van der Waals surface area contributed by atoms with Crippen molar-refractivity contribution in [2.24, 2.45) is 5.92 Å². The second kappa shape index (κ2) is 7.13. The molecule has 1 aromatic heterocycles. The van der Waals surface area contributed by atoms with E-state index in [1.807, 2.05) is 25.4 Å². The Bertz CT molecular complexity index is 367. The fourth-order valence-electron chi connectivity index (χ4n) is 1.56. The fraction of sp³-hybridized carbons (Fsp3) is 0.583. The number of amides is 1. The Morgan fingerprint density at radius 2 is 2.35 bits per heavy atom. The molecule has 5 heteroatoms. The van der Waals surface area contributed by atoms with Gasteiger partial charge in [0.15, 0.2) is 0 Å². The van der Waals surface area contributed by atoms with Crippen LogP contribution in [0.4, 0.5) is 0 Å². The molecule has 1 amide bonds. The zero-order valence-corrected chi connectivity index (χ0v) is 12.8. The van der Waals surface area contributed by atoms with Gasteiger partial charge in [0.2, 0.25) is 5.91 Å². The van der Waals surface area contributed by atoms with Crippen molar-refractivity contribution in [2.75, 3.05) is 20.8 Å². The summed E-state index contributed by atoms with van der Waals surface area (Å²) in [5, 5.41) is 2.03. The molecule has 0 spiro atoms. The second-order valence-corrected chi connectivity index (χ2v) is 6.16. The number of ether oxygens (including phenoxy) is 1. The lowest BCUT2D eigenvalue weighted by Gasteiger charge is -2.18. The van der Waals surface area contributed by atoms with Gasteiger partial charge in [0.1, 0.15) is 0 Å². The quantitative estimate of drug-likeness (QED) is 0.806. The lowest BCUT2D eigenvalue weighted by molar-refractivity contribution is -0.131. The van der Waals surface area contributed by atoms with Gasteiger partial charge < -0.3 is 9.64 Å². The van der Waals surface area contributed by atoms with Gasteiger partial charge in [-0.05, 0) is 27.9 Å².